The number of nitrogens with zero attached hydrogens (tertiary/aromatic N) is 3. The summed E-state index contributed by atoms with van der Waals surface area (Å²) in [6, 6.07) is 0. The van der Waals surface area contributed by atoms with E-state index in [-0.39, 0.29) is 16.5 Å². The number of aromatic nitrogens is 4. The number of hydrogen-bond acceptors (Lipinski definition) is 3. The van der Waals surface area contributed by atoms with Crippen molar-refractivity contribution >= 4 is 0 Å². The third-order valence-electron chi connectivity index (χ3n) is 0.270. The molecule has 0 bridgehead atoms. The van der Waals surface area contributed by atoms with Crippen LogP contribution in [0.5, 0.6) is 0 Å². The molecule has 0 aliphatic carbocycles. The summed E-state index contributed by atoms with van der Waals surface area (Å²) in [7, 11) is 0. The molecule has 0 saturated carbocycles. The van der Waals surface area contributed by atoms with Crippen LogP contribution in [0.1, 0.15) is 0 Å². The number of hydrogen-bond donors (Lipinski definition) is 1. The van der Waals surface area contributed by atoms with Gasteiger partial charge in [0.05, 0.1) is 0 Å². The van der Waals surface area contributed by atoms with Gasteiger partial charge >= 0.3 is 0 Å². The van der Waals surface area contributed by atoms with Crippen LogP contribution < -0.4 is 0 Å². The number of rotatable bonds is 0. The summed E-state index contributed by atoms with van der Waals surface area (Å²) in [5.41, 5.74) is 0. The zero-order valence-electron chi connectivity index (χ0n) is 2.74. The summed E-state index contributed by atoms with van der Waals surface area (Å²) in [5, 5.41) is 12.2. The van der Waals surface area contributed by atoms with E-state index in [0.717, 1.165) is 0 Å². The maximum atomic E-state index is 3.38. The number of tetrazole rings is 1. The molecule has 0 aliphatic heterocycles. The number of aromatic amines is 1. The summed E-state index contributed by atoms with van der Waals surface area (Å²) in [4.78, 5) is 0. The molecule has 0 spiro atoms. The second kappa shape index (κ2) is 2.78. The molecular weight excluding hydrogens is 127 g/mol. The largest absolute Gasteiger partial charge is 0.177 e. The first kappa shape index (κ1) is 5.56. The van der Waals surface area contributed by atoms with Gasteiger partial charge < -0.3 is 0 Å². The fraction of sp³-hybridized carbons (Fsp3) is 0. The Morgan fingerprint density at radius 1 is 1.50 bits per heavy atom. The fourth-order valence-corrected chi connectivity index (χ4v) is 0.129. The van der Waals surface area contributed by atoms with E-state index in [0.29, 0.717) is 0 Å². The molecule has 0 atom stereocenters. The van der Waals surface area contributed by atoms with E-state index in [1.165, 1.54) is 6.33 Å². The summed E-state index contributed by atoms with van der Waals surface area (Å²) in [5.74, 6) is 0. The van der Waals surface area contributed by atoms with Crippen molar-refractivity contribution in [1.29, 1.82) is 0 Å². The van der Waals surface area contributed by atoms with Gasteiger partial charge in [-0.15, -0.1) is 10.2 Å². The van der Waals surface area contributed by atoms with Crippen molar-refractivity contribution in [3.8, 4) is 0 Å². The van der Waals surface area contributed by atoms with Crippen LogP contribution in [-0.4, -0.2) is 20.6 Å². The van der Waals surface area contributed by atoms with Crippen LogP contribution in [0.2, 0.25) is 0 Å². The quantitative estimate of drug-likeness (QED) is 0.466. The first-order valence-electron chi connectivity index (χ1n) is 1.16. The van der Waals surface area contributed by atoms with Gasteiger partial charge in [-0.2, -0.15) is 5.21 Å². The Morgan fingerprint density at radius 2 is 2.33 bits per heavy atom. The molecule has 0 unspecified atom stereocenters. The van der Waals surface area contributed by atoms with E-state index in [1.807, 2.05) is 0 Å². The summed E-state index contributed by atoms with van der Waals surface area (Å²) < 4.78 is 0. The SMILES string of the molecule is [Ni].c1nn[nH]n1. The molecule has 1 heterocycles. The Labute approximate surface area is 44.3 Å². The van der Waals surface area contributed by atoms with Gasteiger partial charge in [-0.1, -0.05) is 5.21 Å². The molecule has 0 saturated heterocycles. The molecule has 1 N–H and O–H groups in total. The van der Waals surface area contributed by atoms with E-state index in [4.69, 9.17) is 0 Å². The first-order valence-corrected chi connectivity index (χ1v) is 1.16. The van der Waals surface area contributed by atoms with E-state index < -0.39 is 0 Å². The summed E-state index contributed by atoms with van der Waals surface area (Å²) in [6.45, 7) is 0. The van der Waals surface area contributed by atoms with Gasteiger partial charge in [0, 0.05) is 16.5 Å². The van der Waals surface area contributed by atoms with Crippen molar-refractivity contribution in [2.75, 3.05) is 0 Å². The second-order valence-electron chi connectivity index (χ2n) is 0.560. The van der Waals surface area contributed by atoms with Gasteiger partial charge in [-0.25, -0.2) is 0 Å². The van der Waals surface area contributed by atoms with Gasteiger partial charge in [0.15, 0.2) is 6.33 Å². The Balaban J connectivity index is 0.000000250. The van der Waals surface area contributed by atoms with Crippen LogP contribution in [-0.2, 0) is 16.5 Å². The molecule has 5 heteroatoms. The smallest absolute Gasteiger partial charge is 0.161 e. The molecule has 0 amide bonds. The minimum absolute atomic E-state index is 0. The second-order valence-corrected chi connectivity index (χ2v) is 0.560. The molecule has 1 aromatic rings. The van der Waals surface area contributed by atoms with Crippen molar-refractivity contribution in [2.24, 2.45) is 0 Å². The van der Waals surface area contributed by atoms with E-state index in [2.05, 4.69) is 20.6 Å². The van der Waals surface area contributed by atoms with Gasteiger partial charge in [0.1, 0.15) is 0 Å². The molecule has 1 aromatic heterocycles. The van der Waals surface area contributed by atoms with Gasteiger partial charge in [-0.3, -0.25) is 0 Å². The molecule has 0 radical (unpaired) electrons. The molecule has 0 fully saturated rings. The Morgan fingerprint density at radius 3 is 2.50 bits per heavy atom. The van der Waals surface area contributed by atoms with Crippen LogP contribution in [0, 0.1) is 0 Å². The normalized spacial score (nSPS) is 6.67. The minimum Gasteiger partial charge on any atom is -0.177 e. The molecule has 36 valence electrons. The van der Waals surface area contributed by atoms with E-state index in [9.17, 15) is 0 Å². The maximum Gasteiger partial charge on any atom is 0.161 e. The van der Waals surface area contributed by atoms with E-state index in [1.54, 1.807) is 0 Å². The molecule has 1 rings (SSSR count). The molecular formula is CH2N4Ni. The van der Waals surface area contributed by atoms with E-state index >= 15 is 0 Å². The fourth-order valence-electron chi connectivity index (χ4n) is 0.129. The van der Waals surface area contributed by atoms with Crippen molar-refractivity contribution in [2.45, 2.75) is 0 Å². The number of H-pyrrole nitrogens is 1. The first-order chi connectivity index (χ1) is 2.50. The van der Waals surface area contributed by atoms with Crippen molar-refractivity contribution in [3.05, 3.63) is 6.33 Å². The molecule has 0 aromatic carbocycles. The Bertz CT molecular complexity index is 64.0. The topological polar surface area (TPSA) is 54.5 Å². The average Bonchev–Trinajstić information content (AvgIpc) is 1.76. The predicted octanol–water partition coefficient (Wildman–Crippen LogP) is -0.803. The molecule has 4 nitrogen and oxygen atoms in total. The van der Waals surface area contributed by atoms with Crippen LogP contribution in [0.3, 0.4) is 0 Å². The van der Waals surface area contributed by atoms with Crippen LogP contribution in [0.4, 0.5) is 0 Å². The molecule has 6 heavy (non-hydrogen) atoms. The monoisotopic (exact) mass is 128 g/mol. The zero-order valence-corrected chi connectivity index (χ0v) is 3.72. The van der Waals surface area contributed by atoms with Crippen LogP contribution in [0.25, 0.3) is 0 Å². The average molecular weight is 129 g/mol. The third-order valence-corrected chi connectivity index (χ3v) is 0.270. The van der Waals surface area contributed by atoms with Crippen molar-refractivity contribution in [1.82, 2.24) is 20.6 Å². The maximum absolute atomic E-state index is 3.38. The number of nitrogens with one attached hydrogen (secondary N) is 1. The predicted molar refractivity (Wildman–Crippen MR) is 14.2 cm³/mol. The standard InChI is InChI=1S/CH2N4.Ni/c1-2-4-5-3-1;/h1H,(H,2,3,4,5);. The van der Waals surface area contributed by atoms with Gasteiger partial charge in [-0.05, 0) is 0 Å². The summed E-state index contributed by atoms with van der Waals surface area (Å²) in [6.07, 6.45) is 1.33. The summed E-state index contributed by atoms with van der Waals surface area (Å²) >= 11 is 0. The third kappa shape index (κ3) is 1.12. The Hall–Kier alpha value is -0.436. The van der Waals surface area contributed by atoms with Gasteiger partial charge in [0.25, 0.3) is 0 Å². The van der Waals surface area contributed by atoms with Crippen molar-refractivity contribution < 1.29 is 16.5 Å². The zero-order chi connectivity index (χ0) is 3.54. The Kier molecular flexibility index (Phi) is 2.58. The van der Waals surface area contributed by atoms with Crippen LogP contribution >= 0.6 is 0 Å². The van der Waals surface area contributed by atoms with Crippen molar-refractivity contribution in [3.63, 3.8) is 0 Å². The minimum atomic E-state index is 0. The molecule has 0 aliphatic rings. The van der Waals surface area contributed by atoms with Gasteiger partial charge in [0.2, 0.25) is 0 Å². The van der Waals surface area contributed by atoms with Crippen LogP contribution in [0.15, 0.2) is 6.33 Å².